The molecule has 0 bridgehead atoms. The van der Waals surface area contributed by atoms with E-state index in [1.165, 1.54) is 11.1 Å². The van der Waals surface area contributed by atoms with E-state index in [9.17, 15) is 9.59 Å². The fourth-order valence-corrected chi connectivity index (χ4v) is 2.79. The monoisotopic (exact) mass is 272 g/mol. The van der Waals surface area contributed by atoms with Crippen molar-refractivity contribution in [1.29, 1.82) is 0 Å². The van der Waals surface area contributed by atoms with Gasteiger partial charge >= 0.3 is 11.9 Å². The summed E-state index contributed by atoms with van der Waals surface area (Å²) < 4.78 is 10.3. The third-order valence-corrected chi connectivity index (χ3v) is 3.96. The minimum Gasteiger partial charge on any atom is -0.459 e. The van der Waals surface area contributed by atoms with Crippen LogP contribution in [0.1, 0.15) is 17.5 Å². The van der Waals surface area contributed by atoms with Crippen molar-refractivity contribution in [2.24, 2.45) is 5.92 Å². The molecule has 2 aliphatic heterocycles. The average molecular weight is 272 g/mol. The smallest absolute Gasteiger partial charge is 0.348 e. The second-order valence-electron chi connectivity index (χ2n) is 5.38. The van der Waals surface area contributed by atoms with Crippen LogP contribution in [0.5, 0.6) is 0 Å². The molecule has 3 atom stereocenters. The number of aryl methyl sites for hydroxylation is 2. The number of benzene rings is 1. The first-order valence-corrected chi connectivity index (χ1v) is 6.72. The van der Waals surface area contributed by atoms with Crippen molar-refractivity contribution in [2.75, 3.05) is 0 Å². The van der Waals surface area contributed by atoms with Crippen molar-refractivity contribution in [2.45, 2.75) is 32.0 Å². The molecule has 2 saturated heterocycles. The van der Waals surface area contributed by atoms with E-state index in [1.54, 1.807) is 0 Å². The van der Waals surface area contributed by atoms with E-state index in [1.807, 2.05) is 6.92 Å². The Morgan fingerprint density at radius 1 is 1.15 bits per heavy atom. The SMILES string of the molecule is C=C1C(=O)O[C@@H]2C(=O)O[C@@H](CCc3ccc(C)cc3)[C@H]12. The Kier molecular flexibility index (Phi) is 3.08. The second kappa shape index (κ2) is 4.78. The molecule has 0 amide bonds. The van der Waals surface area contributed by atoms with Crippen LogP contribution in [-0.4, -0.2) is 24.1 Å². The largest absolute Gasteiger partial charge is 0.459 e. The molecule has 0 spiro atoms. The van der Waals surface area contributed by atoms with Crippen molar-refractivity contribution in [3.05, 3.63) is 47.5 Å². The van der Waals surface area contributed by atoms with Crippen LogP contribution in [0, 0.1) is 12.8 Å². The van der Waals surface area contributed by atoms with Gasteiger partial charge in [0.2, 0.25) is 6.10 Å². The lowest BCUT2D eigenvalue weighted by molar-refractivity contribution is -0.156. The molecule has 0 unspecified atom stereocenters. The number of hydrogen-bond donors (Lipinski definition) is 0. The lowest BCUT2D eigenvalue weighted by Gasteiger charge is -2.14. The molecule has 2 fully saturated rings. The maximum absolute atomic E-state index is 11.7. The van der Waals surface area contributed by atoms with Crippen LogP contribution in [0.4, 0.5) is 0 Å². The van der Waals surface area contributed by atoms with E-state index >= 15 is 0 Å². The Morgan fingerprint density at radius 3 is 2.55 bits per heavy atom. The third-order valence-electron chi connectivity index (χ3n) is 3.96. The van der Waals surface area contributed by atoms with E-state index in [0.29, 0.717) is 12.0 Å². The highest BCUT2D eigenvalue weighted by Crippen LogP contribution is 2.38. The van der Waals surface area contributed by atoms with Crippen LogP contribution in [-0.2, 0) is 25.5 Å². The van der Waals surface area contributed by atoms with E-state index in [-0.39, 0.29) is 12.0 Å². The molecule has 0 aromatic heterocycles. The van der Waals surface area contributed by atoms with Gasteiger partial charge in [-0.25, -0.2) is 9.59 Å². The van der Waals surface area contributed by atoms with Crippen LogP contribution in [0.25, 0.3) is 0 Å². The zero-order valence-corrected chi connectivity index (χ0v) is 11.3. The van der Waals surface area contributed by atoms with Gasteiger partial charge in [0.1, 0.15) is 6.10 Å². The molecule has 4 heteroatoms. The Balaban J connectivity index is 1.69. The number of carbonyl (C=O) groups excluding carboxylic acids is 2. The summed E-state index contributed by atoms with van der Waals surface area (Å²) in [7, 11) is 0. The first-order valence-electron chi connectivity index (χ1n) is 6.72. The van der Waals surface area contributed by atoms with Gasteiger partial charge < -0.3 is 9.47 Å². The molecule has 1 aromatic carbocycles. The van der Waals surface area contributed by atoms with Gasteiger partial charge in [-0.15, -0.1) is 0 Å². The van der Waals surface area contributed by atoms with Crippen LogP contribution in [0.3, 0.4) is 0 Å². The number of rotatable bonds is 3. The molecule has 1 aromatic rings. The fourth-order valence-electron chi connectivity index (χ4n) is 2.79. The van der Waals surface area contributed by atoms with Crippen molar-refractivity contribution >= 4 is 11.9 Å². The van der Waals surface area contributed by atoms with E-state index < -0.39 is 18.0 Å². The van der Waals surface area contributed by atoms with E-state index in [4.69, 9.17) is 9.47 Å². The van der Waals surface area contributed by atoms with Crippen molar-refractivity contribution in [1.82, 2.24) is 0 Å². The van der Waals surface area contributed by atoms with E-state index in [2.05, 4.69) is 30.8 Å². The molecule has 0 saturated carbocycles. The second-order valence-corrected chi connectivity index (χ2v) is 5.38. The Bertz CT molecular complexity index is 573. The van der Waals surface area contributed by atoms with Crippen LogP contribution >= 0.6 is 0 Å². The Hall–Kier alpha value is -2.10. The lowest BCUT2D eigenvalue weighted by Crippen LogP contribution is -2.22. The molecule has 0 N–H and O–H groups in total. The molecule has 2 heterocycles. The minimum absolute atomic E-state index is 0.312. The van der Waals surface area contributed by atoms with Gasteiger partial charge in [-0.3, -0.25) is 0 Å². The fraction of sp³-hybridized carbons (Fsp3) is 0.375. The standard InChI is InChI=1S/C16H16O4/c1-9-3-5-11(6-4-9)7-8-12-13-10(2)15(17)20-14(13)16(18)19-12/h3-6,12-14H,2,7-8H2,1H3/t12-,13-,14-/m0/s1. The average Bonchev–Trinajstić information content (AvgIpc) is 2.89. The Labute approximate surface area is 117 Å². The molecule has 20 heavy (non-hydrogen) atoms. The van der Waals surface area contributed by atoms with Gasteiger partial charge in [0, 0.05) is 5.57 Å². The number of fused-ring (bicyclic) bond motifs is 1. The third kappa shape index (κ3) is 2.11. The quantitative estimate of drug-likeness (QED) is 0.623. The van der Waals surface area contributed by atoms with E-state index in [0.717, 1.165) is 6.42 Å². The Morgan fingerprint density at radius 2 is 1.85 bits per heavy atom. The molecule has 0 radical (unpaired) electrons. The van der Waals surface area contributed by atoms with Gasteiger partial charge in [0.05, 0.1) is 5.92 Å². The van der Waals surface area contributed by atoms with Gasteiger partial charge in [-0.1, -0.05) is 36.4 Å². The maximum Gasteiger partial charge on any atom is 0.348 e. The molecular weight excluding hydrogens is 256 g/mol. The zero-order chi connectivity index (χ0) is 14.3. The highest BCUT2D eigenvalue weighted by molar-refractivity contribution is 5.97. The summed E-state index contributed by atoms with van der Waals surface area (Å²) in [6.07, 6.45) is 0.375. The number of carbonyl (C=O) groups is 2. The normalized spacial score (nSPS) is 28.2. The predicted octanol–water partition coefficient (Wildman–Crippen LogP) is 1.95. The predicted molar refractivity (Wildman–Crippen MR) is 71.9 cm³/mol. The molecule has 3 rings (SSSR count). The van der Waals surface area contributed by atoms with Gasteiger partial charge in [-0.05, 0) is 25.3 Å². The summed E-state index contributed by atoms with van der Waals surface area (Å²) in [6.45, 7) is 5.76. The summed E-state index contributed by atoms with van der Waals surface area (Å²) in [5.74, 6) is -1.24. The highest BCUT2D eigenvalue weighted by atomic mass is 16.6. The number of cyclic esters (lactones) is 1. The molecule has 2 aliphatic rings. The summed E-state index contributed by atoms with van der Waals surface area (Å²) in [5.41, 5.74) is 2.75. The van der Waals surface area contributed by atoms with Crippen molar-refractivity contribution in [3.8, 4) is 0 Å². The molecule has 4 nitrogen and oxygen atoms in total. The lowest BCUT2D eigenvalue weighted by atomic mass is 9.90. The number of ether oxygens (including phenoxy) is 2. The van der Waals surface area contributed by atoms with Gasteiger partial charge in [0.15, 0.2) is 0 Å². The van der Waals surface area contributed by atoms with Crippen LogP contribution in [0.2, 0.25) is 0 Å². The summed E-state index contributed by atoms with van der Waals surface area (Å²) >= 11 is 0. The zero-order valence-electron chi connectivity index (χ0n) is 11.3. The first-order chi connectivity index (χ1) is 9.56. The number of hydrogen-bond acceptors (Lipinski definition) is 4. The highest BCUT2D eigenvalue weighted by Gasteiger charge is 2.54. The molecule has 104 valence electrons. The topological polar surface area (TPSA) is 52.6 Å². The van der Waals surface area contributed by atoms with Crippen LogP contribution in [0.15, 0.2) is 36.4 Å². The van der Waals surface area contributed by atoms with Gasteiger partial charge in [-0.2, -0.15) is 0 Å². The van der Waals surface area contributed by atoms with Gasteiger partial charge in [0.25, 0.3) is 0 Å². The van der Waals surface area contributed by atoms with Crippen molar-refractivity contribution < 1.29 is 19.1 Å². The molecule has 0 aliphatic carbocycles. The summed E-state index contributed by atoms with van der Waals surface area (Å²) in [5, 5.41) is 0. The van der Waals surface area contributed by atoms with Crippen molar-refractivity contribution in [3.63, 3.8) is 0 Å². The number of esters is 2. The van der Waals surface area contributed by atoms with Crippen LogP contribution < -0.4 is 0 Å². The minimum atomic E-state index is -0.780. The summed E-state index contributed by atoms with van der Waals surface area (Å²) in [4.78, 5) is 23.1. The summed E-state index contributed by atoms with van der Waals surface area (Å²) in [6, 6.07) is 8.24. The maximum atomic E-state index is 11.7. The molecular formula is C16H16O4. The first kappa shape index (κ1) is 12.9.